The largest absolute Gasteiger partial charge is 0.383 e. The lowest BCUT2D eigenvalue weighted by atomic mass is 10.2. The molecule has 0 spiro atoms. The second-order valence-electron chi connectivity index (χ2n) is 4.74. The smallest absolute Gasteiger partial charge is 0.146 e. The molecule has 5 heteroatoms. The van der Waals surface area contributed by atoms with Crippen LogP contribution in [-0.4, -0.2) is 26.5 Å². The number of hydrogen-bond acceptors (Lipinski definition) is 4. The van der Waals surface area contributed by atoms with E-state index in [2.05, 4.69) is 41.6 Å². The third kappa shape index (κ3) is 1.96. The van der Waals surface area contributed by atoms with Gasteiger partial charge in [-0.2, -0.15) is 11.8 Å². The third-order valence-corrected chi connectivity index (χ3v) is 4.20. The number of nitrogens with zero attached hydrogens (tertiary/aromatic N) is 3. The quantitative estimate of drug-likeness (QED) is 0.926. The maximum atomic E-state index is 6.04. The summed E-state index contributed by atoms with van der Waals surface area (Å²) in [5, 5.41) is 1.01. The molecule has 0 amide bonds. The van der Waals surface area contributed by atoms with Crippen molar-refractivity contribution >= 4 is 28.6 Å². The van der Waals surface area contributed by atoms with Gasteiger partial charge in [-0.3, -0.25) is 0 Å². The van der Waals surface area contributed by atoms with Crippen LogP contribution in [-0.2, 0) is 0 Å². The molecule has 0 aromatic carbocycles. The zero-order valence-electron chi connectivity index (χ0n) is 11.6. The van der Waals surface area contributed by atoms with E-state index < -0.39 is 0 Å². The van der Waals surface area contributed by atoms with Crippen LogP contribution in [0.5, 0.6) is 0 Å². The number of fused-ring (bicyclic) bond motifs is 1. The van der Waals surface area contributed by atoms with Gasteiger partial charge in [-0.25, -0.2) is 9.97 Å². The lowest BCUT2D eigenvalue weighted by Crippen LogP contribution is -2.10. The Labute approximate surface area is 112 Å². The van der Waals surface area contributed by atoms with Gasteiger partial charge in [0.05, 0.1) is 5.39 Å². The van der Waals surface area contributed by atoms with Gasteiger partial charge in [-0.05, 0) is 39.5 Å². The van der Waals surface area contributed by atoms with E-state index in [0.717, 1.165) is 22.6 Å². The fourth-order valence-corrected chi connectivity index (χ4v) is 3.12. The molecule has 4 nitrogen and oxygen atoms in total. The molecule has 0 saturated carbocycles. The van der Waals surface area contributed by atoms with Gasteiger partial charge < -0.3 is 10.3 Å². The number of thioether (sulfide) groups is 1. The molecular formula is C13H20N4S. The maximum Gasteiger partial charge on any atom is 0.146 e. The SMILES string of the molecule is CSCC(C)n1c(C)c(C)c2c(N)nc(C)nc21. The van der Waals surface area contributed by atoms with Crippen molar-refractivity contribution in [3.63, 3.8) is 0 Å². The predicted molar refractivity (Wildman–Crippen MR) is 79.2 cm³/mol. The van der Waals surface area contributed by atoms with Crippen molar-refractivity contribution in [1.82, 2.24) is 14.5 Å². The molecule has 2 heterocycles. The van der Waals surface area contributed by atoms with Crippen LogP contribution in [0.3, 0.4) is 0 Å². The minimum Gasteiger partial charge on any atom is -0.383 e. The highest BCUT2D eigenvalue weighted by Gasteiger charge is 2.19. The number of aryl methyl sites for hydroxylation is 2. The molecule has 0 bridgehead atoms. The molecule has 0 saturated heterocycles. The second kappa shape index (κ2) is 4.80. The lowest BCUT2D eigenvalue weighted by molar-refractivity contribution is 0.610. The number of nitrogens with two attached hydrogens (primary N) is 1. The fourth-order valence-electron chi connectivity index (χ4n) is 2.49. The molecule has 1 atom stereocenters. The Morgan fingerprint density at radius 1 is 1.28 bits per heavy atom. The zero-order valence-corrected chi connectivity index (χ0v) is 12.4. The summed E-state index contributed by atoms with van der Waals surface area (Å²) in [4.78, 5) is 8.85. The Balaban J connectivity index is 2.76. The Morgan fingerprint density at radius 3 is 2.56 bits per heavy atom. The first-order valence-corrected chi connectivity index (χ1v) is 7.46. The standard InChI is InChI=1S/C13H20N4S/c1-7(6-18-5)17-9(3)8(2)11-12(14)15-10(4)16-13(11)17/h7H,6H2,1-5H3,(H2,14,15,16). The molecule has 18 heavy (non-hydrogen) atoms. The van der Waals surface area contributed by atoms with Crippen LogP contribution in [0.15, 0.2) is 0 Å². The van der Waals surface area contributed by atoms with Gasteiger partial charge in [-0.15, -0.1) is 0 Å². The summed E-state index contributed by atoms with van der Waals surface area (Å²) in [5.74, 6) is 2.39. The average molecular weight is 264 g/mol. The molecule has 2 N–H and O–H groups in total. The first-order chi connectivity index (χ1) is 8.47. The van der Waals surface area contributed by atoms with Crippen LogP contribution in [0, 0.1) is 20.8 Å². The molecule has 1 unspecified atom stereocenters. The number of rotatable bonds is 3. The van der Waals surface area contributed by atoms with E-state index in [1.165, 1.54) is 11.3 Å². The molecule has 0 aliphatic rings. The summed E-state index contributed by atoms with van der Waals surface area (Å²) in [5.41, 5.74) is 9.44. The molecule has 0 aliphatic heterocycles. The molecule has 2 aromatic heterocycles. The number of aromatic nitrogens is 3. The van der Waals surface area contributed by atoms with E-state index in [9.17, 15) is 0 Å². The maximum absolute atomic E-state index is 6.04. The molecular weight excluding hydrogens is 244 g/mol. The van der Waals surface area contributed by atoms with E-state index in [1.54, 1.807) is 0 Å². The van der Waals surface area contributed by atoms with E-state index in [0.29, 0.717) is 11.9 Å². The van der Waals surface area contributed by atoms with E-state index >= 15 is 0 Å². The van der Waals surface area contributed by atoms with Crippen LogP contribution in [0.25, 0.3) is 11.0 Å². The lowest BCUT2D eigenvalue weighted by Gasteiger charge is -2.16. The Kier molecular flexibility index (Phi) is 3.52. The van der Waals surface area contributed by atoms with E-state index in [4.69, 9.17) is 5.73 Å². The summed E-state index contributed by atoms with van der Waals surface area (Å²) < 4.78 is 2.28. The fraction of sp³-hybridized carbons (Fsp3) is 0.538. The van der Waals surface area contributed by atoms with Crippen molar-refractivity contribution in [2.75, 3.05) is 17.7 Å². The number of nitrogen functional groups attached to an aromatic ring is 1. The van der Waals surface area contributed by atoms with Crippen LogP contribution in [0.2, 0.25) is 0 Å². The van der Waals surface area contributed by atoms with Gasteiger partial charge in [0, 0.05) is 17.5 Å². The minimum absolute atomic E-state index is 0.407. The van der Waals surface area contributed by atoms with E-state index in [1.807, 2.05) is 18.7 Å². The normalized spacial score (nSPS) is 13.2. The Hall–Kier alpha value is -1.23. The third-order valence-electron chi connectivity index (χ3n) is 3.39. The topological polar surface area (TPSA) is 56.7 Å². The minimum atomic E-state index is 0.407. The summed E-state index contributed by atoms with van der Waals surface area (Å²) in [7, 11) is 0. The molecule has 0 radical (unpaired) electrons. The van der Waals surface area contributed by atoms with Crippen molar-refractivity contribution in [2.24, 2.45) is 0 Å². The Morgan fingerprint density at radius 2 is 1.94 bits per heavy atom. The van der Waals surface area contributed by atoms with Gasteiger partial charge in [0.1, 0.15) is 17.3 Å². The Bertz CT molecular complexity index is 588. The summed E-state index contributed by atoms with van der Waals surface area (Å²) >= 11 is 1.84. The van der Waals surface area contributed by atoms with Gasteiger partial charge in [-0.1, -0.05) is 0 Å². The monoisotopic (exact) mass is 264 g/mol. The van der Waals surface area contributed by atoms with Crippen LogP contribution in [0.1, 0.15) is 30.0 Å². The molecule has 0 aliphatic carbocycles. The van der Waals surface area contributed by atoms with Crippen molar-refractivity contribution < 1.29 is 0 Å². The molecule has 2 rings (SSSR count). The summed E-state index contributed by atoms with van der Waals surface area (Å²) in [6, 6.07) is 0.407. The van der Waals surface area contributed by atoms with Crippen LogP contribution in [0.4, 0.5) is 5.82 Å². The van der Waals surface area contributed by atoms with Gasteiger partial charge >= 0.3 is 0 Å². The van der Waals surface area contributed by atoms with Crippen molar-refractivity contribution in [1.29, 1.82) is 0 Å². The summed E-state index contributed by atoms with van der Waals surface area (Å²) in [6.45, 7) is 8.32. The highest BCUT2D eigenvalue weighted by Crippen LogP contribution is 2.31. The van der Waals surface area contributed by atoms with Crippen molar-refractivity contribution in [3.8, 4) is 0 Å². The molecule has 98 valence electrons. The van der Waals surface area contributed by atoms with Crippen molar-refractivity contribution in [3.05, 3.63) is 17.1 Å². The second-order valence-corrected chi connectivity index (χ2v) is 5.65. The van der Waals surface area contributed by atoms with E-state index in [-0.39, 0.29) is 0 Å². The molecule has 0 fully saturated rings. The first-order valence-electron chi connectivity index (χ1n) is 6.07. The van der Waals surface area contributed by atoms with Crippen molar-refractivity contribution in [2.45, 2.75) is 33.7 Å². The zero-order chi connectivity index (χ0) is 13.4. The highest BCUT2D eigenvalue weighted by atomic mass is 32.2. The molecule has 2 aromatic rings. The highest BCUT2D eigenvalue weighted by molar-refractivity contribution is 7.98. The number of hydrogen-bond donors (Lipinski definition) is 1. The van der Waals surface area contributed by atoms with Crippen LogP contribution >= 0.6 is 11.8 Å². The van der Waals surface area contributed by atoms with Gasteiger partial charge in [0.2, 0.25) is 0 Å². The van der Waals surface area contributed by atoms with Gasteiger partial charge in [0.15, 0.2) is 0 Å². The van der Waals surface area contributed by atoms with Crippen LogP contribution < -0.4 is 5.73 Å². The number of anilines is 1. The summed E-state index contributed by atoms with van der Waals surface area (Å²) in [6.07, 6.45) is 2.12. The average Bonchev–Trinajstić information content (AvgIpc) is 2.51. The first kappa shape index (κ1) is 13.2. The van der Waals surface area contributed by atoms with Gasteiger partial charge in [0.25, 0.3) is 0 Å². The predicted octanol–water partition coefficient (Wildman–Crippen LogP) is 2.86.